The van der Waals surface area contributed by atoms with Gasteiger partial charge in [-0.1, -0.05) is 31.9 Å². The van der Waals surface area contributed by atoms with Crippen LogP contribution < -0.4 is 10.2 Å². The Labute approximate surface area is 123 Å². The average Bonchev–Trinajstić information content (AvgIpc) is 2.41. The van der Waals surface area contributed by atoms with Gasteiger partial charge in [-0.15, -0.1) is 0 Å². The van der Waals surface area contributed by atoms with Gasteiger partial charge >= 0.3 is 0 Å². The first-order valence-electron chi connectivity index (χ1n) is 6.55. The summed E-state index contributed by atoms with van der Waals surface area (Å²) in [7, 11) is 0. The summed E-state index contributed by atoms with van der Waals surface area (Å²) >= 11 is 9.61. The van der Waals surface area contributed by atoms with Gasteiger partial charge in [-0.2, -0.15) is 0 Å². The fraction of sp³-hybridized carbons (Fsp3) is 0.571. The third-order valence-corrected chi connectivity index (χ3v) is 5.04. The molecule has 100 valence electrons. The molecule has 0 aliphatic carbocycles. The summed E-state index contributed by atoms with van der Waals surface area (Å²) in [4.78, 5) is 2.42. The predicted octanol–water partition coefficient (Wildman–Crippen LogP) is 3.93. The van der Waals surface area contributed by atoms with Gasteiger partial charge in [-0.25, -0.2) is 0 Å². The molecule has 0 saturated carbocycles. The molecule has 1 aliphatic rings. The largest absolute Gasteiger partial charge is 0.369 e. The van der Waals surface area contributed by atoms with E-state index in [0.29, 0.717) is 12.0 Å². The van der Waals surface area contributed by atoms with E-state index < -0.39 is 0 Å². The highest BCUT2D eigenvalue weighted by Gasteiger charge is 2.23. The fourth-order valence-corrected chi connectivity index (χ4v) is 2.78. The van der Waals surface area contributed by atoms with Crippen molar-refractivity contribution in [3.05, 3.63) is 27.7 Å². The molecule has 1 aromatic rings. The van der Waals surface area contributed by atoms with Gasteiger partial charge < -0.3 is 10.2 Å². The smallest absolute Gasteiger partial charge is 0.0568 e. The molecule has 0 spiro atoms. The van der Waals surface area contributed by atoms with Crippen LogP contribution in [0.5, 0.6) is 0 Å². The summed E-state index contributed by atoms with van der Waals surface area (Å²) in [5, 5.41) is 4.40. The number of benzene rings is 1. The maximum Gasteiger partial charge on any atom is 0.0568 e. The summed E-state index contributed by atoms with van der Waals surface area (Å²) in [5.41, 5.74) is 1.22. The average molecular weight is 332 g/mol. The van der Waals surface area contributed by atoms with Crippen LogP contribution in [0.1, 0.15) is 20.3 Å². The number of halogens is 2. The van der Waals surface area contributed by atoms with Gasteiger partial charge in [0, 0.05) is 35.8 Å². The molecule has 1 aromatic carbocycles. The van der Waals surface area contributed by atoms with Gasteiger partial charge in [0.2, 0.25) is 0 Å². The van der Waals surface area contributed by atoms with E-state index in [4.69, 9.17) is 11.6 Å². The molecule has 2 unspecified atom stereocenters. The zero-order valence-corrected chi connectivity index (χ0v) is 13.3. The van der Waals surface area contributed by atoms with Crippen molar-refractivity contribution in [2.45, 2.75) is 26.3 Å². The molecule has 2 nitrogen and oxygen atoms in total. The molecule has 1 fully saturated rings. The van der Waals surface area contributed by atoms with Crippen molar-refractivity contribution >= 4 is 33.2 Å². The Bertz CT molecular complexity index is 411. The van der Waals surface area contributed by atoms with Crippen LogP contribution in [-0.2, 0) is 0 Å². The molecule has 18 heavy (non-hydrogen) atoms. The molecule has 1 aliphatic heterocycles. The van der Waals surface area contributed by atoms with E-state index in [0.717, 1.165) is 29.1 Å². The van der Waals surface area contributed by atoms with Crippen molar-refractivity contribution in [2.24, 2.45) is 5.92 Å². The van der Waals surface area contributed by atoms with Crippen LogP contribution in [0, 0.1) is 5.92 Å². The van der Waals surface area contributed by atoms with Crippen molar-refractivity contribution in [1.82, 2.24) is 5.32 Å². The van der Waals surface area contributed by atoms with Crippen LogP contribution in [0.25, 0.3) is 0 Å². The molecule has 4 heteroatoms. The maximum atomic E-state index is 6.17. The normalized spacial score (nSPS) is 22.0. The highest BCUT2D eigenvalue weighted by Crippen LogP contribution is 2.28. The molecule has 0 aromatic heterocycles. The van der Waals surface area contributed by atoms with Gasteiger partial charge in [-0.3, -0.25) is 0 Å². The van der Waals surface area contributed by atoms with E-state index in [1.165, 1.54) is 12.1 Å². The lowest BCUT2D eigenvalue weighted by Crippen LogP contribution is -2.53. The van der Waals surface area contributed by atoms with Gasteiger partial charge in [0.1, 0.15) is 0 Å². The monoisotopic (exact) mass is 330 g/mol. The lowest BCUT2D eigenvalue weighted by atomic mass is 9.97. The first-order valence-corrected chi connectivity index (χ1v) is 7.72. The molecule has 1 saturated heterocycles. The predicted molar refractivity (Wildman–Crippen MR) is 82.6 cm³/mol. The minimum absolute atomic E-state index is 0.575. The Morgan fingerprint density at radius 3 is 3.00 bits per heavy atom. The van der Waals surface area contributed by atoms with Gasteiger partial charge in [-0.05, 0) is 40.0 Å². The number of piperazine rings is 1. The lowest BCUT2D eigenvalue weighted by molar-refractivity contribution is 0.342. The Morgan fingerprint density at radius 1 is 1.56 bits per heavy atom. The van der Waals surface area contributed by atoms with Crippen LogP contribution in [0.3, 0.4) is 0 Å². The van der Waals surface area contributed by atoms with Gasteiger partial charge in [0.05, 0.1) is 5.02 Å². The van der Waals surface area contributed by atoms with Crippen molar-refractivity contribution in [3.8, 4) is 0 Å². The van der Waals surface area contributed by atoms with E-state index >= 15 is 0 Å². The third-order valence-electron chi connectivity index (χ3n) is 3.80. The summed E-state index contributed by atoms with van der Waals surface area (Å²) in [6.07, 6.45) is 1.21. The number of hydrogen-bond acceptors (Lipinski definition) is 2. The van der Waals surface area contributed by atoms with Crippen LogP contribution in [0.15, 0.2) is 22.7 Å². The second kappa shape index (κ2) is 6.27. The minimum atomic E-state index is 0.575. The molecule has 2 atom stereocenters. The molecule has 1 N–H and O–H groups in total. The molecular formula is C14H20BrClN2. The SMILES string of the molecule is CCC(C)C1CN(c2ccc(Br)c(Cl)c2)CCN1. The van der Waals surface area contributed by atoms with E-state index in [1.807, 2.05) is 12.1 Å². The fourth-order valence-electron chi connectivity index (χ4n) is 2.36. The van der Waals surface area contributed by atoms with Crippen molar-refractivity contribution in [1.29, 1.82) is 0 Å². The van der Waals surface area contributed by atoms with E-state index in [9.17, 15) is 0 Å². The zero-order chi connectivity index (χ0) is 13.1. The number of nitrogens with one attached hydrogen (secondary N) is 1. The second-order valence-corrected chi connectivity index (χ2v) is 6.25. The van der Waals surface area contributed by atoms with Crippen molar-refractivity contribution in [2.75, 3.05) is 24.5 Å². The highest BCUT2D eigenvalue weighted by molar-refractivity contribution is 9.10. The number of hydrogen-bond donors (Lipinski definition) is 1. The summed E-state index contributed by atoms with van der Waals surface area (Å²) in [6, 6.07) is 6.78. The highest BCUT2D eigenvalue weighted by atomic mass is 79.9. The maximum absolute atomic E-state index is 6.17. The second-order valence-electron chi connectivity index (χ2n) is 4.99. The van der Waals surface area contributed by atoms with Crippen LogP contribution in [0.4, 0.5) is 5.69 Å². The van der Waals surface area contributed by atoms with Crippen LogP contribution in [-0.4, -0.2) is 25.7 Å². The topological polar surface area (TPSA) is 15.3 Å². The number of nitrogens with zero attached hydrogens (tertiary/aromatic N) is 1. The Kier molecular flexibility index (Phi) is 4.93. The Morgan fingerprint density at radius 2 is 2.33 bits per heavy atom. The van der Waals surface area contributed by atoms with Gasteiger partial charge in [0.25, 0.3) is 0 Å². The third kappa shape index (κ3) is 3.19. The standard InChI is InChI=1S/C14H20BrClN2/c1-3-10(2)14-9-18(7-6-17-14)11-4-5-12(15)13(16)8-11/h4-5,8,10,14,17H,3,6-7,9H2,1-2H3. The zero-order valence-electron chi connectivity index (χ0n) is 10.9. The number of anilines is 1. The first kappa shape index (κ1) is 14.2. The molecule has 1 heterocycles. The Hall–Kier alpha value is -0.250. The first-order chi connectivity index (χ1) is 8.61. The number of rotatable bonds is 3. The summed E-state index contributed by atoms with van der Waals surface area (Å²) in [5.74, 6) is 0.707. The van der Waals surface area contributed by atoms with E-state index in [-0.39, 0.29) is 0 Å². The van der Waals surface area contributed by atoms with Gasteiger partial charge in [0.15, 0.2) is 0 Å². The Balaban J connectivity index is 2.10. The summed E-state index contributed by atoms with van der Waals surface area (Å²) in [6.45, 7) is 7.72. The molecule has 0 radical (unpaired) electrons. The van der Waals surface area contributed by atoms with Crippen LogP contribution >= 0.6 is 27.5 Å². The quantitative estimate of drug-likeness (QED) is 0.903. The molecular weight excluding hydrogens is 312 g/mol. The van der Waals surface area contributed by atoms with E-state index in [1.54, 1.807) is 0 Å². The van der Waals surface area contributed by atoms with Crippen molar-refractivity contribution in [3.63, 3.8) is 0 Å². The van der Waals surface area contributed by atoms with Crippen molar-refractivity contribution < 1.29 is 0 Å². The minimum Gasteiger partial charge on any atom is -0.369 e. The molecule has 0 amide bonds. The van der Waals surface area contributed by atoms with E-state index in [2.05, 4.69) is 46.1 Å². The molecule has 2 rings (SSSR count). The molecule has 0 bridgehead atoms. The lowest BCUT2D eigenvalue weighted by Gasteiger charge is -2.38. The summed E-state index contributed by atoms with van der Waals surface area (Å²) < 4.78 is 0.960. The van der Waals surface area contributed by atoms with Crippen LogP contribution in [0.2, 0.25) is 5.02 Å².